The van der Waals surface area contributed by atoms with E-state index in [9.17, 15) is 35.1 Å². The SMILES string of the molecule is CC(C)/C(=C\CC=O)C[C@](O)(CCCO)[C@@H](C)[C@H]1CC[C@@]2(O)C3=CC(=O)[C@@H]4C[C@@H](O)[C@@H](O)C[C@]4(C)[C@H]3CC[C@]12C. The molecule has 3 saturated carbocycles. The van der Waals surface area contributed by atoms with Gasteiger partial charge >= 0.3 is 0 Å². The summed E-state index contributed by atoms with van der Waals surface area (Å²) in [5.41, 5.74) is -1.56. The van der Waals surface area contributed by atoms with Crippen molar-refractivity contribution >= 4 is 12.1 Å². The Hall–Kier alpha value is -1.38. The molecule has 7 heteroatoms. The standard InChI is InChI=1S/C33H52O7/c1-20(2)22(8-6-14-34)18-32(39,11-7-15-35)21(3)23-10-13-33(40)25-16-27(36)26-17-28(37)29(38)19-30(26,4)24(25)9-12-31(23,33)5/h8,14,16,20-21,23-24,26,28-29,35,37-40H,6-7,9-13,15,17-19H2,1-5H3/b22-8-/t21-,23+,24-,26-,28+,29-,30+,31+,32+,33+/m0/s1. The quantitative estimate of drug-likeness (QED) is 0.202. The topological polar surface area (TPSA) is 135 Å². The number of rotatable bonds is 10. The molecule has 0 aromatic rings. The molecule has 0 bridgehead atoms. The van der Waals surface area contributed by atoms with Crippen LogP contribution in [0, 0.1) is 40.4 Å². The Balaban J connectivity index is 1.69. The number of allylic oxidation sites excluding steroid dienone is 2. The predicted molar refractivity (Wildman–Crippen MR) is 153 cm³/mol. The largest absolute Gasteiger partial charge is 0.396 e. The van der Waals surface area contributed by atoms with Crippen molar-refractivity contribution in [2.24, 2.45) is 40.4 Å². The van der Waals surface area contributed by atoms with E-state index in [1.54, 1.807) is 6.08 Å². The van der Waals surface area contributed by atoms with Crippen LogP contribution in [0.1, 0.15) is 98.8 Å². The minimum Gasteiger partial charge on any atom is -0.396 e. The van der Waals surface area contributed by atoms with Gasteiger partial charge in [-0.05, 0) is 98.5 Å². The summed E-state index contributed by atoms with van der Waals surface area (Å²) in [6, 6.07) is 0. The maximum absolute atomic E-state index is 13.5. The Labute approximate surface area is 239 Å². The van der Waals surface area contributed by atoms with Gasteiger partial charge < -0.3 is 30.3 Å². The van der Waals surface area contributed by atoms with E-state index >= 15 is 0 Å². The summed E-state index contributed by atoms with van der Waals surface area (Å²) in [5, 5.41) is 55.4. The van der Waals surface area contributed by atoms with E-state index in [1.165, 1.54) is 0 Å². The monoisotopic (exact) mass is 560 g/mol. The fraction of sp³-hybridized carbons (Fsp3) is 0.818. The minimum atomic E-state index is -1.19. The number of aldehydes is 1. The van der Waals surface area contributed by atoms with Crippen LogP contribution in [-0.2, 0) is 9.59 Å². The molecule has 7 nitrogen and oxygen atoms in total. The van der Waals surface area contributed by atoms with Crippen molar-refractivity contribution < 1.29 is 35.1 Å². The number of hydrogen-bond donors (Lipinski definition) is 5. The molecule has 10 atom stereocenters. The molecule has 0 aromatic heterocycles. The molecule has 0 aliphatic heterocycles. The van der Waals surface area contributed by atoms with Crippen molar-refractivity contribution in [2.75, 3.05) is 6.61 Å². The summed E-state index contributed by atoms with van der Waals surface area (Å²) in [5.74, 6) is -0.507. The zero-order valence-corrected chi connectivity index (χ0v) is 25.1. The van der Waals surface area contributed by atoms with Gasteiger partial charge in [0.1, 0.15) is 6.29 Å². The number of carbonyl (C=O) groups is 2. The highest BCUT2D eigenvalue weighted by atomic mass is 16.3. The molecule has 226 valence electrons. The van der Waals surface area contributed by atoms with Crippen LogP contribution in [0.4, 0.5) is 0 Å². The molecule has 5 N–H and O–H groups in total. The number of fused-ring (bicyclic) bond motifs is 5. The van der Waals surface area contributed by atoms with Gasteiger partial charge in [0.05, 0.1) is 23.4 Å². The van der Waals surface area contributed by atoms with Crippen LogP contribution in [0.15, 0.2) is 23.3 Å². The smallest absolute Gasteiger partial charge is 0.159 e. The van der Waals surface area contributed by atoms with Crippen molar-refractivity contribution in [2.45, 2.75) is 122 Å². The molecule has 0 unspecified atom stereocenters. The maximum atomic E-state index is 13.5. The summed E-state index contributed by atoms with van der Waals surface area (Å²) in [7, 11) is 0. The lowest BCUT2D eigenvalue weighted by Crippen LogP contribution is -2.61. The Morgan fingerprint density at radius 2 is 1.82 bits per heavy atom. The lowest BCUT2D eigenvalue weighted by molar-refractivity contribution is -0.157. The van der Waals surface area contributed by atoms with Gasteiger partial charge in [0.25, 0.3) is 0 Å². The normalized spacial score (nSPS) is 42.0. The fourth-order valence-corrected chi connectivity index (χ4v) is 9.51. The molecule has 3 fully saturated rings. The molecule has 4 rings (SSSR count). The number of hydrogen-bond acceptors (Lipinski definition) is 7. The van der Waals surface area contributed by atoms with Gasteiger partial charge in [-0.25, -0.2) is 0 Å². The summed E-state index contributed by atoms with van der Waals surface area (Å²) in [4.78, 5) is 24.6. The zero-order valence-electron chi connectivity index (χ0n) is 25.1. The van der Waals surface area contributed by atoms with Gasteiger partial charge in [0, 0.05) is 24.4 Å². The first-order valence-electron chi connectivity index (χ1n) is 15.5. The molecule has 40 heavy (non-hydrogen) atoms. The minimum absolute atomic E-state index is 0.0121. The molecule has 0 radical (unpaired) electrons. The molecule has 4 aliphatic rings. The number of aliphatic hydroxyl groups excluding tert-OH is 3. The van der Waals surface area contributed by atoms with Crippen LogP contribution >= 0.6 is 0 Å². The highest BCUT2D eigenvalue weighted by molar-refractivity contribution is 5.95. The summed E-state index contributed by atoms with van der Waals surface area (Å²) < 4.78 is 0. The maximum Gasteiger partial charge on any atom is 0.159 e. The van der Waals surface area contributed by atoms with Crippen LogP contribution in [-0.4, -0.2) is 67.6 Å². The zero-order chi connectivity index (χ0) is 29.7. The first kappa shape index (κ1) is 31.6. The Bertz CT molecular complexity index is 1030. The van der Waals surface area contributed by atoms with Crippen molar-refractivity contribution in [3.8, 4) is 0 Å². The van der Waals surface area contributed by atoms with E-state index in [0.717, 1.165) is 30.3 Å². The van der Waals surface area contributed by atoms with Gasteiger partial charge in [0.2, 0.25) is 0 Å². The predicted octanol–water partition coefficient (Wildman–Crippen LogP) is 3.89. The van der Waals surface area contributed by atoms with Gasteiger partial charge in [-0.3, -0.25) is 4.79 Å². The third-order valence-corrected chi connectivity index (χ3v) is 12.1. The van der Waals surface area contributed by atoms with E-state index in [1.807, 2.05) is 6.08 Å². The highest BCUT2D eigenvalue weighted by Crippen LogP contribution is 2.68. The second-order valence-electron chi connectivity index (χ2n) is 14.4. The van der Waals surface area contributed by atoms with E-state index in [2.05, 4.69) is 34.6 Å². The number of carbonyl (C=O) groups excluding carboxylic acids is 2. The van der Waals surface area contributed by atoms with E-state index in [4.69, 9.17) is 0 Å². The Morgan fingerprint density at radius 3 is 2.45 bits per heavy atom. The van der Waals surface area contributed by atoms with Crippen LogP contribution in [0.25, 0.3) is 0 Å². The van der Waals surface area contributed by atoms with Crippen molar-refractivity contribution in [3.63, 3.8) is 0 Å². The first-order valence-corrected chi connectivity index (χ1v) is 15.5. The van der Waals surface area contributed by atoms with Crippen LogP contribution in [0.2, 0.25) is 0 Å². The molecular weight excluding hydrogens is 508 g/mol. The molecular formula is C33H52O7. The first-order chi connectivity index (χ1) is 18.7. The van der Waals surface area contributed by atoms with Crippen LogP contribution < -0.4 is 0 Å². The average Bonchev–Trinajstić information content (AvgIpc) is 3.17. The molecule has 0 amide bonds. The van der Waals surface area contributed by atoms with Crippen molar-refractivity contribution in [1.82, 2.24) is 0 Å². The van der Waals surface area contributed by atoms with E-state index < -0.39 is 34.2 Å². The van der Waals surface area contributed by atoms with Gasteiger partial charge in [-0.15, -0.1) is 0 Å². The van der Waals surface area contributed by atoms with Gasteiger partial charge in [-0.2, -0.15) is 0 Å². The Kier molecular flexibility index (Phi) is 8.97. The summed E-state index contributed by atoms with van der Waals surface area (Å²) in [6.07, 6.45) is 7.59. The lowest BCUT2D eigenvalue weighted by Gasteiger charge is -2.60. The summed E-state index contributed by atoms with van der Waals surface area (Å²) in [6.45, 7) is 10.3. The second kappa shape index (κ2) is 11.4. The molecule has 0 spiro atoms. The van der Waals surface area contributed by atoms with E-state index in [-0.39, 0.29) is 48.4 Å². The molecule has 4 aliphatic carbocycles. The average molecular weight is 561 g/mol. The highest BCUT2D eigenvalue weighted by Gasteiger charge is 2.67. The number of ketones is 1. The van der Waals surface area contributed by atoms with Crippen LogP contribution in [0.3, 0.4) is 0 Å². The molecule has 0 heterocycles. The molecule has 0 aromatic carbocycles. The number of aliphatic hydroxyl groups is 5. The summed E-state index contributed by atoms with van der Waals surface area (Å²) >= 11 is 0. The van der Waals surface area contributed by atoms with Crippen molar-refractivity contribution in [3.05, 3.63) is 23.3 Å². The third kappa shape index (κ3) is 4.98. The van der Waals surface area contributed by atoms with Crippen LogP contribution in [0.5, 0.6) is 0 Å². The third-order valence-electron chi connectivity index (χ3n) is 12.1. The van der Waals surface area contributed by atoms with E-state index in [0.29, 0.717) is 44.9 Å². The Morgan fingerprint density at radius 1 is 1.12 bits per heavy atom. The van der Waals surface area contributed by atoms with Gasteiger partial charge in [-0.1, -0.05) is 46.3 Å². The molecule has 0 saturated heterocycles. The van der Waals surface area contributed by atoms with Crippen molar-refractivity contribution in [1.29, 1.82) is 0 Å². The lowest BCUT2D eigenvalue weighted by atomic mass is 9.45. The van der Waals surface area contributed by atoms with Gasteiger partial charge in [0.15, 0.2) is 5.78 Å². The second-order valence-corrected chi connectivity index (χ2v) is 14.4. The fourth-order valence-electron chi connectivity index (χ4n) is 9.51.